The summed E-state index contributed by atoms with van der Waals surface area (Å²) in [4.78, 5) is 21.0. The normalized spacial score (nSPS) is 17.9. The largest absolute Gasteiger partial charge is 0.469 e. The standard InChI is InChI=1S/C19H26N4O2/c1-14-17(9-12-25-14)19(24)23-10-4-5-15(8-11-23)21-16-6-7-18(20-13-16)22(2)3/h6-7,9,12-13,15,21H,4-5,8,10-11H2,1-3H3/t15-/m1/s1. The molecular weight excluding hydrogens is 316 g/mol. The van der Waals surface area contributed by atoms with Crippen LogP contribution in [0.1, 0.15) is 35.4 Å². The van der Waals surface area contributed by atoms with Gasteiger partial charge in [-0.05, 0) is 44.4 Å². The molecule has 0 bridgehead atoms. The lowest BCUT2D eigenvalue weighted by molar-refractivity contribution is 0.0759. The van der Waals surface area contributed by atoms with Crippen LogP contribution in [0.3, 0.4) is 0 Å². The molecule has 1 fully saturated rings. The van der Waals surface area contributed by atoms with Crippen LogP contribution < -0.4 is 10.2 Å². The maximum absolute atomic E-state index is 12.6. The Bertz CT molecular complexity index is 708. The molecule has 0 radical (unpaired) electrons. The molecule has 0 aromatic carbocycles. The number of hydrogen-bond acceptors (Lipinski definition) is 5. The number of aromatic nitrogens is 1. The average Bonchev–Trinajstić information content (AvgIpc) is 2.89. The van der Waals surface area contributed by atoms with Gasteiger partial charge in [0.25, 0.3) is 5.91 Å². The van der Waals surface area contributed by atoms with E-state index in [1.807, 2.05) is 43.1 Å². The first kappa shape index (κ1) is 17.3. The van der Waals surface area contributed by atoms with Crippen molar-refractivity contribution in [3.63, 3.8) is 0 Å². The van der Waals surface area contributed by atoms with E-state index in [0.717, 1.165) is 43.9 Å². The second-order valence-corrected chi connectivity index (χ2v) is 6.75. The van der Waals surface area contributed by atoms with Gasteiger partial charge in [-0.3, -0.25) is 4.79 Å². The quantitative estimate of drug-likeness (QED) is 0.925. The van der Waals surface area contributed by atoms with E-state index in [1.54, 1.807) is 12.3 Å². The maximum atomic E-state index is 12.6. The lowest BCUT2D eigenvalue weighted by Crippen LogP contribution is -2.32. The van der Waals surface area contributed by atoms with E-state index in [0.29, 0.717) is 17.4 Å². The van der Waals surface area contributed by atoms with E-state index < -0.39 is 0 Å². The minimum Gasteiger partial charge on any atom is -0.469 e. The van der Waals surface area contributed by atoms with Gasteiger partial charge >= 0.3 is 0 Å². The topological polar surface area (TPSA) is 61.6 Å². The van der Waals surface area contributed by atoms with Crippen molar-refractivity contribution < 1.29 is 9.21 Å². The summed E-state index contributed by atoms with van der Waals surface area (Å²) in [5, 5.41) is 3.56. The van der Waals surface area contributed by atoms with Crippen molar-refractivity contribution in [2.45, 2.75) is 32.2 Å². The van der Waals surface area contributed by atoms with Crippen LogP contribution >= 0.6 is 0 Å². The summed E-state index contributed by atoms with van der Waals surface area (Å²) in [6, 6.07) is 6.19. The predicted octanol–water partition coefficient (Wildman–Crippen LogP) is 3.16. The number of rotatable bonds is 4. The summed E-state index contributed by atoms with van der Waals surface area (Å²) in [7, 11) is 3.96. The third-order valence-electron chi connectivity index (χ3n) is 4.68. The zero-order chi connectivity index (χ0) is 17.8. The number of anilines is 2. The first-order valence-corrected chi connectivity index (χ1v) is 8.78. The van der Waals surface area contributed by atoms with Gasteiger partial charge in [-0.1, -0.05) is 0 Å². The van der Waals surface area contributed by atoms with Crippen LogP contribution in [0.5, 0.6) is 0 Å². The molecule has 1 aliphatic heterocycles. The van der Waals surface area contributed by atoms with Crippen LogP contribution in [-0.2, 0) is 0 Å². The fourth-order valence-corrected chi connectivity index (χ4v) is 3.19. The van der Waals surface area contributed by atoms with Gasteiger partial charge < -0.3 is 19.5 Å². The van der Waals surface area contributed by atoms with E-state index in [4.69, 9.17) is 4.42 Å². The highest BCUT2D eigenvalue weighted by molar-refractivity contribution is 5.95. The molecule has 0 aliphatic carbocycles. The van der Waals surface area contributed by atoms with Crippen molar-refractivity contribution in [1.82, 2.24) is 9.88 Å². The lowest BCUT2D eigenvalue weighted by Gasteiger charge is -2.21. The molecule has 6 nitrogen and oxygen atoms in total. The van der Waals surface area contributed by atoms with Gasteiger partial charge in [0, 0.05) is 33.2 Å². The van der Waals surface area contributed by atoms with Crippen LogP contribution in [0.4, 0.5) is 11.5 Å². The number of nitrogens with one attached hydrogen (secondary N) is 1. The van der Waals surface area contributed by atoms with Crippen LogP contribution in [0.15, 0.2) is 35.1 Å². The molecule has 0 unspecified atom stereocenters. The Labute approximate surface area is 148 Å². The molecule has 0 saturated carbocycles. The van der Waals surface area contributed by atoms with Crippen LogP contribution in [-0.4, -0.2) is 49.0 Å². The van der Waals surface area contributed by atoms with Crippen molar-refractivity contribution in [3.05, 3.63) is 42.0 Å². The van der Waals surface area contributed by atoms with Crippen molar-refractivity contribution in [3.8, 4) is 0 Å². The highest BCUT2D eigenvalue weighted by Crippen LogP contribution is 2.20. The molecule has 1 atom stereocenters. The Morgan fingerprint density at radius 3 is 2.76 bits per heavy atom. The third-order valence-corrected chi connectivity index (χ3v) is 4.68. The Balaban J connectivity index is 1.58. The number of amides is 1. The molecule has 6 heteroatoms. The average molecular weight is 342 g/mol. The van der Waals surface area contributed by atoms with Crippen molar-refractivity contribution in [1.29, 1.82) is 0 Å². The van der Waals surface area contributed by atoms with E-state index in [-0.39, 0.29) is 5.91 Å². The zero-order valence-electron chi connectivity index (χ0n) is 15.2. The second-order valence-electron chi connectivity index (χ2n) is 6.75. The SMILES string of the molecule is Cc1occc1C(=O)N1CCC[C@@H](Nc2ccc(N(C)C)nc2)CC1. The lowest BCUT2D eigenvalue weighted by atomic mass is 10.1. The van der Waals surface area contributed by atoms with E-state index >= 15 is 0 Å². The fourth-order valence-electron chi connectivity index (χ4n) is 3.19. The molecule has 0 spiro atoms. The monoisotopic (exact) mass is 342 g/mol. The summed E-state index contributed by atoms with van der Waals surface area (Å²) < 4.78 is 5.26. The molecule has 1 saturated heterocycles. The molecule has 2 aromatic heterocycles. The molecule has 25 heavy (non-hydrogen) atoms. The van der Waals surface area contributed by atoms with Crippen molar-refractivity contribution >= 4 is 17.4 Å². The van der Waals surface area contributed by atoms with Crippen LogP contribution in [0.2, 0.25) is 0 Å². The minimum atomic E-state index is 0.0731. The van der Waals surface area contributed by atoms with E-state index in [2.05, 4.69) is 16.4 Å². The molecule has 3 rings (SSSR count). The van der Waals surface area contributed by atoms with Crippen molar-refractivity contribution in [2.24, 2.45) is 0 Å². The predicted molar refractivity (Wildman–Crippen MR) is 99.2 cm³/mol. The van der Waals surface area contributed by atoms with E-state index in [9.17, 15) is 4.79 Å². The molecular formula is C19H26N4O2. The Morgan fingerprint density at radius 1 is 1.28 bits per heavy atom. The molecule has 2 aromatic rings. The number of nitrogens with zero attached hydrogens (tertiary/aromatic N) is 3. The molecule has 3 heterocycles. The number of likely N-dealkylation sites (tertiary alicyclic amines) is 1. The molecule has 1 aliphatic rings. The second kappa shape index (κ2) is 7.59. The Kier molecular flexibility index (Phi) is 5.26. The fraction of sp³-hybridized carbons (Fsp3) is 0.474. The van der Waals surface area contributed by atoms with Gasteiger partial charge in [0.15, 0.2) is 0 Å². The van der Waals surface area contributed by atoms with E-state index in [1.165, 1.54) is 0 Å². The first-order valence-electron chi connectivity index (χ1n) is 8.78. The Morgan fingerprint density at radius 2 is 2.12 bits per heavy atom. The van der Waals surface area contributed by atoms with Gasteiger partial charge in [0.2, 0.25) is 0 Å². The summed E-state index contributed by atoms with van der Waals surface area (Å²) in [5.74, 6) is 1.71. The summed E-state index contributed by atoms with van der Waals surface area (Å²) in [5.41, 5.74) is 1.70. The smallest absolute Gasteiger partial charge is 0.257 e. The van der Waals surface area contributed by atoms with Crippen LogP contribution in [0.25, 0.3) is 0 Å². The number of carbonyl (C=O) groups is 1. The maximum Gasteiger partial charge on any atom is 0.257 e. The Hall–Kier alpha value is -2.50. The summed E-state index contributed by atoms with van der Waals surface area (Å²) in [6.45, 7) is 3.38. The van der Waals surface area contributed by atoms with Gasteiger partial charge in [-0.25, -0.2) is 4.98 Å². The third kappa shape index (κ3) is 4.13. The molecule has 1 amide bonds. The first-order chi connectivity index (χ1) is 12.0. The number of furan rings is 1. The van der Waals surface area contributed by atoms with Gasteiger partial charge in [-0.2, -0.15) is 0 Å². The highest BCUT2D eigenvalue weighted by atomic mass is 16.3. The number of hydrogen-bond donors (Lipinski definition) is 1. The summed E-state index contributed by atoms with van der Waals surface area (Å²) in [6.07, 6.45) is 6.41. The number of carbonyl (C=O) groups excluding carboxylic acids is 1. The zero-order valence-corrected chi connectivity index (χ0v) is 15.2. The van der Waals surface area contributed by atoms with Gasteiger partial charge in [0.05, 0.1) is 23.7 Å². The highest BCUT2D eigenvalue weighted by Gasteiger charge is 2.23. The number of aryl methyl sites for hydroxylation is 1. The molecule has 1 N–H and O–H groups in total. The summed E-state index contributed by atoms with van der Waals surface area (Å²) >= 11 is 0. The molecule has 134 valence electrons. The van der Waals surface area contributed by atoms with Gasteiger partial charge in [0.1, 0.15) is 11.6 Å². The number of pyridine rings is 1. The van der Waals surface area contributed by atoms with Crippen LogP contribution in [0, 0.1) is 6.92 Å². The minimum absolute atomic E-state index is 0.0731. The van der Waals surface area contributed by atoms with Gasteiger partial charge in [-0.15, -0.1) is 0 Å². The van der Waals surface area contributed by atoms with Crippen molar-refractivity contribution in [2.75, 3.05) is 37.4 Å².